The smallest absolute Gasteiger partial charge is 0.326 e. The number of nitrogens with two attached hydrogens (primary N) is 2. The van der Waals surface area contributed by atoms with Gasteiger partial charge in [-0.3, -0.25) is 19.2 Å². The summed E-state index contributed by atoms with van der Waals surface area (Å²) in [6, 6.07) is -4.61. The zero-order chi connectivity index (χ0) is 21.3. The maximum absolute atomic E-state index is 12.4. The van der Waals surface area contributed by atoms with Crippen LogP contribution in [0.1, 0.15) is 27.2 Å². The molecule has 27 heavy (non-hydrogen) atoms. The first-order chi connectivity index (χ1) is 12.4. The normalized spacial score (nSPS) is 15.2. The van der Waals surface area contributed by atoms with Crippen LogP contribution in [0.5, 0.6) is 0 Å². The predicted octanol–water partition coefficient (Wildman–Crippen LogP) is -2.67. The summed E-state index contributed by atoms with van der Waals surface area (Å²) in [5.74, 6) is -4.92. The molecule has 0 saturated heterocycles. The molecule has 11 nitrogen and oxygen atoms in total. The Balaban J connectivity index is 5.17. The van der Waals surface area contributed by atoms with Crippen LogP contribution in [0.2, 0.25) is 0 Å². The summed E-state index contributed by atoms with van der Waals surface area (Å²) in [4.78, 5) is 58.7. The Morgan fingerprint density at radius 1 is 0.926 bits per heavy atom. The summed E-state index contributed by atoms with van der Waals surface area (Å²) >= 11 is 3.97. The Bertz CT molecular complexity index is 583. The average molecular weight is 405 g/mol. The number of hydrogen-bond donors (Lipinski definition) is 7. The number of carbonyl (C=O) groups excluding carboxylic acids is 4. The van der Waals surface area contributed by atoms with Gasteiger partial charge in [-0.1, -0.05) is 13.8 Å². The molecule has 0 saturated carbocycles. The Kier molecular flexibility index (Phi) is 10.4. The number of aliphatic carboxylic acids is 1. The van der Waals surface area contributed by atoms with E-state index < -0.39 is 66.1 Å². The maximum Gasteiger partial charge on any atom is 0.326 e. The highest BCUT2D eigenvalue weighted by molar-refractivity contribution is 7.80. The molecule has 0 rings (SSSR count). The van der Waals surface area contributed by atoms with Gasteiger partial charge in [-0.05, 0) is 12.8 Å². The highest BCUT2D eigenvalue weighted by Gasteiger charge is 2.30. The van der Waals surface area contributed by atoms with Crippen molar-refractivity contribution < 1.29 is 29.1 Å². The Labute approximate surface area is 162 Å². The molecular weight excluding hydrogens is 378 g/mol. The first-order valence-corrected chi connectivity index (χ1v) is 8.82. The lowest BCUT2D eigenvalue weighted by atomic mass is 10.0. The molecule has 0 aliphatic carbocycles. The number of carboxylic acids is 1. The van der Waals surface area contributed by atoms with E-state index in [9.17, 15) is 24.0 Å². The number of thiol groups is 1. The first kappa shape index (κ1) is 24.7. The number of amides is 4. The van der Waals surface area contributed by atoms with Crippen molar-refractivity contribution >= 4 is 42.2 Å². The van der Waals surface area contributed by atoms with Crippen LogP contribution in [0.15, 0.2) is 0 Å². The van der Waals surface area contributed by atoms with Gasteiger partial charge in [0.15, 0.2) is 0 Å². The molecule has 0 aromatic rings. The van der Waals surface area contributed by atoms with E-state index in [0.29, 0.717) is 0 Å². The summed E-state index contributed by atoms with van der Waals surface area (Å²) < 4.78 is 0. The van der Waals surface area contributed by atoms with Crippen LogP contribution < -0.4 is 27.4 Å². The Hall–Kier alpha value is -2.34. The lowest BCUT2D eigenvalue weighted by Gasteiger charge is -2.24. The van der Waals surface area contributed by atoms with Gasteiger partial charge in [-0.2, -0.15) is 12.6 Å². The Morgan fingerprint density at radius 3 is 1.78 bits per heavy atom. The van der Waals surface area contributed by atoms with Crippen LogP contribution in [0, 0.1) is 5.92 Å². The van der Waals surface area contributed by atoms with Crippen molar-refractivity contribution in [1.82, 2.24) is 16.0 Å². The zero-order valence-electron chi connectivity index (χ0n) is 15.4. The largest absolute Gasteiger partial charge is 0.480 e. The van der Waals surface area contributed by atoms with Gasteiger partial charge in [0.2, 0.25) is 23.6 Å². The van der Waals surface area contributed by atoms with Gasteiger partial charge in [0.05, 0.1) is 12.5 Å². The minimum Gasteiger partial charge on any atom is -0.480 e. The van der Waals surface area contributed by atoms with Crippen LogP contribution in [-0.2, 0) is 24.0 Å². The summed E-state index contributed by atoms with van der Waals surface area (Å²) in [5.41, 5.74) is 10.5. The molecule has 0 aliphatic heterocycles. The fourth-order valence-corrected chi connectivity index (χ4v) is 2.20. The molecule has 0 bridgehead atoms. The quantitative estimate of drug-likeness (QED) is 0.182. The molecule has 0 aliphatic rings. The number of carbonyl (C=O) groups is 5. The van der Waals surface area contributed by atoms with Gasteiger partial charge in [0.1, 0.15) is 18.1 Å². The second-order valence-corrected chi connectivity index (χ2v) is 6.70. The van der Waals surface area contributed by atoms with E-state index in [1.165, 1.54) is 6.92 Å². The van der Waals surface area contributed by atoms with Crippen molar-refractivity contribution in [2.45, 2.75) is 51.4 Å². The van der Waals surface area contributed by atoms with Gasteiger partial charge in [0.25, 0.3) is 0 Å². The molecular formula is C15H27N5O6S. The predicted molar refractivity (Wildman–Crippen MR) is 99.6 cm³/mol. The summed E-state index contributed by atoms with van der Waals surface area (Å²) in [5, 5.41) is 16.0. The fraction of sp³-hybridized carbons (Fsp3) is 0.667. The van der Waals surface area contributed by atoms with E-state index >= 15 is 0 Å². The van der Waals surface area contributed by atoms with Crippen molar-refractivity contribution in [3.63, 3.8) is 0 Å². The third-order valence-corrected chi connectivity index (χ3v) is 3.86. The lowest BCUT2D eigenvalue weighted by Crippen LogP contribution is -2.58. The molecule has 12 heteroatoms. The fourth-order valence-electron chi connectivity index (χ4n) is 1.95. The zero-order valence-corrected chi connectivity index (χ0v) is 16.3. The van der Waals surface area contributed by atoms with E-state index in [-0.39, 0.29) is 5.75 Å². The number of primary amides is 1. The van der Waals surface area contributed by atoms with Crippen LogP contribution in [0.25, 0.3) is 0 Å². The molecule has 4 unspecified atom stereocenters. The maximum atomic E-state index is 12.4. The molecule has 154 valence electrons. The SMILES string of the molecule is CC(N)C(=O)NC(CC(N)=O)C(=O)NC(CS)C(=O)NC(C(=O)O)C(C)C. The van der Waals surface area contributed by atoms with Gasteiger partial charge in [-0.25, -0.2) is 4.79 Å². The molecule has 0 aromatic heterocycles. The second-order valence-electron chi connectivity index (χ2n) is 6.33. The van der Waals surface area contributed by atoms with E-state index in [4.69, 9.17) is 16.6 Å². The highest BCUT2D eigenvalue weighted by Crippen LogP contribution is 2.03. The lowest BCUT2D eigenvalue weighted by molar-refractivity contribution is -0.143. The molecule has 4 amide bonds. The number of hydrogen-bond acceptors (Lipinski definition) is 7. The first-order valence-electron chi connectivity index (χ1n) is 8.19. The number of rotatable bonds is 11. The van der Waals surface area contributed by atoms with Gasteiger partial charge in [-0.15, -0.1) is 0 Å². The van der Waals surface area contributed by atoms with E-state index in [0.717, 1.165) is 0 Å². The molecule has 8 N–H and O–H groups in total. The van der Waals surface area contributed by atoms with Gasteiger partial charge in [0, 0.05) is 5.75 Å². The van der Waals surface area contributed by atoms with Crippen molar-refractivity contribution in [2.75, 3.05) is 5.75 Å². The van der Waals surface area contributed by atoms with E-state index in [2.05, 4.69) is 28.6 Å². The Morgan fingerprint density at radius 2 is 1.41 bits per heavy atom. The van der Waals surface area contributed by atoms with Crippen molar-refractivity contribution in [3.05, 3.63) is 0 Å². The minimum absolute atomic E-state index is 0.146. The third-order valence-electron chi connectivity index (χ3n) is 3.50. The molecule has 0 heterocycles. The van der Waals surface area contributed by atoms with Gasteiger partial charge < -0.3 is 32.5 Å². The van der Waals surface area contributed by atoms with Crippen LogP contribution in [0.4, 0.5) is 0 Å². The standard InChI is InChI=1S/C15H27N5O6S/c1-6(2)11(15(25)26)20-14(24)9(5-27)19-13(23)8(4-10(17)21)18-12(22)7(3)16/h6-9,11,27H,4-5,16H2,1-3H3,(H2,17,21)(H,18,22)(H,19,23)(H,20,24)(H,25,26). The molecule has 0 radical (unpaired) electrons. The number of nitrogens with one attached hydrogen (secondary N) is 3. The molecule has 0 aromatic carbocycles. The topological polar surface area (TPSA) is 194 Å². The van der Waals surface area contributed by atoms with Crippen LogP contribution in [-0.4, -0.2) is 64.6 Å². The van der Waals surface area contributed by atoms with Crippen molar-refractivity contribution in [1.29, 1.82) is 0 Å². The number of carboxylic acid groups (broad SMARTS) is 1. The van der Waals surface area contributed by atoms with Gasteiger partial charge >= 0.3 is 5.97 Å². The van der Waals surface area contributed by atoms with Crippen molar-refractivity contribution in [2.24, 2.45) is 17.4 Å². The average Bonchev–Trinajstić information content (AvgIpc) is 2.54. The van der Waals surface area contributed by atoms with E-state index in [1.54, 1.807) is 13.8 Å². The highest BCUT2D eigenvalue weighted by atomic mass is 32.1. The van der Waals surface area contributed by atoms with Crippen molar-refractivity contribution in [3.8, 4) is 0 Å². The molecule has 0 spiro atoms. The van der Waals surface area contributed by atoms with E-state index in [1.807, 2.05) is 0 Å². The van der Waals surface area contributed by atoms with Crippen LogP contribution in [0.3, 0.4) is 0 Å². The summed E-state index contributed by atoms with van der Waals surface area (Å²) in [6.07, 6.45) is -0.505. The molecule has 0 fully saturated rings. The third kappa shape index (κ3) is 8.73. The second kappa shape index (κ2) is 11.4. The molecule has 4 atom stereocenters. The minimum atomic E-state index is -1.34. The summed E-state index contributed by atoms with van der Waals surface area (Å²) in [7, 11) is 0. The monoisotopic (exact) mass is 405 g/mol. The van der Waals surface area contributed by atoms with Crippen LogP contribution >= 0.6 is 12.6 Å². The summed E-state index contributed by atoms with van der Waals surface area (Å²) in [6.45, 7) is 4.61.